The monoisotopic (exact) mass is 297 g/mol. The molecule has 2 nitrogen and oxygen atoms in total. The summed E-state index contributed by atoms with van der Waals surface area (Å²) in [6.07, 6.45) is 2.19. The van der Waals surface area contributed by atoms with Gasteiger partial charge in [0, 0.05) is 23.2 Å². The molecule has 1 fully saturated rings. The number of anilines is 1. The molecule has 1 aliphatic rings. The van der Waals surface area contributed by atoms with Crippen LogP contribution in [0, 0.1) is 5.92 Å². The van der Waals surface area contributed by atoms with Crippen molar-refractivity contribution in [3.8, 4) is 0 Å². The molecular weight excluding hydrogens is 278 g/mol. The first-order valence-corrected chi connectivity index (χ1v) is 7.09. The van der Waals surface area contributed by atoms with Crippen LogP contribution in [0.4, 0.5) is 5.69 Å². The molecule has 94 valence electrons. The van der Waals surface area contributed by atoms with E-state index in [4.69, 9.17) is 0 Å². The predicted octanol–water partition coefficient (Wildman–Crippen LogP) is 3.74. The van der Waals surface area contributed by atoms with Gasteiger partial charge in [-0.25, -0.2) is 0 Å². The van der Waals surface area contributed by atoms with Crippen molar-refractivity contribution < 1.29 is 5.11 Å². The van der Waals surface area contributed by atoms with Crippen LogP contribution in [0.2, 0.25) is 0 Å². The molecule has 1 saturated heterocycles. The van der Waals surface area contributed by atoms with E-state index in [1.807, 2.05) is 6.07 Å². The van der Waals surface area contributed by atoms with E-state index >= 15 is 0 Å². The maximum atomic E-state index is 9.60. The van der Waals surface area contributed by atoms with E-state index in [0.29, 0.717) is 0 Å². The molecule has 1 heterocycles. The molecule has 0 amide bonds. The lowest BCUT2D eigenvalue weighted by molar-refractivity contribution is 0.198. The van der Waals surface area contributed by atoms with E-state index in [1.165, 1.54) is 18.5 Å². The zero-order chi connectivity index (χ0) is 12.4. The lowest BCUT2D eigenvalue weighted by Gasteiger charge is -2.33. The van der Waals surface area contributed by atoms with E-state index in [-0.39, 0.29) is 0 Å². The van der Waals surface area contributed by atoms with Crippen molar-refractivity contribution in [2.24, 2.45) is 5.92 Å². The van der Waals surface area contributed by atoms with Crippen molar-refractivity contribution in [1.82, 2.24) is 0 Å². The summed E-state index contributed by atoms with van der Waals surface area (Å²) in [4.78, 5) is 2.44. The number of aliphatic hydroxyl groups is 1. The molecule has 2 atom stereocenters. The molecule has 1 N–H and O–H groups in total. The van der Waals surface area contributed by atoms with Gasteiger partial charge in [-0.2, -0.15) is 0 Å². The second kappa shape index (κ2) is 5.40. The van der Waals surface area contributed by atoms with Crippen LogP contribution in [-0.2, 0) is 0 Å². The van der Waals surface area contributed by atoms with Crippen LogP contribution >= 0.6 is 15.9 Å². The third-order valence-corrected chi connectivity index (χ3v) is 4.14. The van der Waals surface area contributed by atoms with Crippen molar-refractivity contribution in [3.63, 3.8) is 0 Å². The molecule has 0 spiro atoms. The van der Waals surface area contributed by atoms with Crippen LogP contribution in [-0.4, -0.2) is 18.2 Å². The van der Waals surface area contributed by atoms with Crippen LogP contribution in [0.3, 0.4) is 0 Å². The highest BCUT2D eigenvalue weighted by Crippen LogP contribution is 2.30. The van der Waals surface area contributed by atoms with Crippen molar-refractivity contribution >= 4 is 21.6 Å². The van der Waals surface area contributed by atoms with Gasteiger partial charge in [-0.05, 0) is 43.4 Å². The van der Waals surface area contributed by atoms with Gasteiger partial charge in [-0.15, -0.1) is 0 Å². The summed E-state index contributed by atoms with van der Waals surface area (Å²) >= 11 is 3.54. The van der Waals surface area contributed by atoms with Crippen LogP contribution in [0.1, 0.15) is 38.4 Å². The normalized spacial score (nSPS) is 22.6. The molecule has 1 aromatic rings. The Morgan fingerprint density at radius 1 is 1.47 bits per heavy atom. The minimum Gasteiger partial charge on any atom is -0.389 e. The van der Waals surface area contributed by atoms with Crippen molar-refractivity contribution in [3.05, 3.63) is 28.2 Å². The lowest BCUT2D eigenvalue weighted by atomic mass is 9.99. The van der Waals surface area contributed by atoms with E-state index in [1.54, 1.807) is 6.92 Å². The minimum absolute atomic E-state index is 0.418. The number of aliphatic hydroxyl groups excluding tert-OH is 1. The second-order valence-electron chi connectivity index (χ2n) is 5.08. The summed E-state index contributed by atoms with van der Waals surface area (Å²) in [5, 5.41) is 9.60. The van der Waals surface area contributed by atoms with Gasteiger partial charge >= 0.3 is 0 Å². The summed E-state index contributed by atoms with van der Waals surface area (Å²) in [5.41, 5.74) is 2.21. The Balaban J connectivity index is 2.19. The first-order valence-electron chi connectivity index (χ1n) is 6.30. The van der Waals surface area contributed by atoms with Gasteiger partial charge in [-0.1, -0.05) is 28.9 Å². The molecule has 17 heavy (non-hydrogen) atoms. The van der Waals surface area contributed by atoms with E-state index in [2.05, 4.69) is 39.9 Å². The average molecular weight is 298 g/mol. The maximum absolute atomic E-state index is 9.60. The molecule has 1 aromatic carbocycles. The Bertz CT molecular complexity index is 392. The molecule has 0 saturated carbocycles. The summed E-state index contributed by atoms with van der Waals surface area (Å²) in [6.45, 7) is 6.39. The maximum Gasteiger partial charge on any atom is 0.0772 e. The quantitative estimate of drug-likeness (QED) is 0.899. The fourth-order valence-electron chi connectivity index (χ4n) is 2.48. The Morgan fingerprint density at radius 3 is 2.82 bits per heavy atom. The number of nitrogens with zero attached hydrogens (tertiary/aromatic N) is 1. The highest BCUT2D eigenvalue weighted by atomic mass is 79.9. The molecule has 2 rings (SSSR count). The molecule has 0 aliphatic carbocycles. The van der Waals surface area contributed by atoms with Gasteiger partial charge in [0.1, 0.15) is 0 Å². The second-order valence-corrected chi connectivity index (χ2v) is 5.93. The van der Waals surface area contributed by atoms with E-state index < -0.39 is 6.10 Å². The van der Waals surface area contributed by atoms with Gasteiger partial charge in [0.15, 0.2) is 0 Å². The SMILES string of the molecule is CC1CCCN(c2ccc([C@H](C)O)c(Br)c2)C1. The highest BCUT2D eigenvalue weighted by molar-refractivity contribution is 9.10. The fourth-order valence-corrected chi connectivity index (χ4v) is 3.17. The number of halogens is 1. The standard InChI is InChI=1S/C14H20BrNO/c1-10-4-3-7-16(9-10)12-5-6-13(11(2)17)14(15)8-12/h5-6,8,10-11,17H,3-4,7,9H2,1-2H3/t10?,11-/m0/s1. The van der Waals surface area contributed by atoms with Gasteiger partial charge < -0.3 is 10.0 Å². The molecule has 1 aliphatic heterocycles. The first kappa shape index (κ1) is 12.9. The van der Waals surface area contributed by atoms with E-state index in [9.17, 15) is 5.11 Å². The number of hydrogen-bond donors (Lipinski definition) is 1. The van der Waals surface area contributed by atoms with Crippen molar-refractivity contribution in [1.29, 1.82) is 0 Å². The highest BCUT2D eigenvalue weighted by Gasteiger charge is 2.17. The third-order valence-electron chi connectivity index (χ3n) is 3.46. The number of piperidine rings is 1. The Hall–Kier alpha value is -0.540. The number of rotatable bonds is 2. The van der Waals surface area contributed by atoms with Gasteiger partial charge in [0.05, 0.1) is 6.10 Å². The number of benzene rings is 1. The van der Waals surface area contributed by atoms with Crippen LogP contribution in [0.15, 0.2) is 22.7 Å². The minimum atomic E-state index is -0.418. The molecule has 0 bridgehead atoms. The summed E-state index contributed by atoms with van der Waals surface area (Å²) in [7, 11) is 0. The average Bonchev–Trinajstić information content (AvgIpc) is 2.28. The van der Waals surface area contributed by atoms with E-state index in [0.717, 1.165) is 29.0 Å². The third kappa shape index (κ3) is 3.02. The Kier molecular flexibility index (Phi) is 4.10. The lowest BCUT2D eigenvalue weighted by Crippen LogP contribution is -2.34. The van der Waals surface area contributed by atoms with Crippen LogP contribution < -0.4 is 4.90 Å². The van der Waals surface area contributed by atoms with Crippen molar-refractivity contribution in [2.45, 2.75) is 32.8 Å². The largest absolute Gasteiger partial charge is 0.389 e. The first-order chi connectivity index (χ1) is 8.08. The smallest absolute Gasteiger partial charge is 0.0772 e. The van der Waals surface area contributed by atoms with Gasteiger partial charge in [0.2, 0.25) is 0 Å². The van der Waals surface area contributed by atoms with Crippen LogP contribution in [0.25, 0.3) is 0 Å². The van der Waals surface area contributed by atoms with Gasteiger partial charge in [0.25, 0.3) is 0 Å². The van der Waals surface area contributed by atoms with Gasteiger partial charge in [-0.3, -0.25) is 0 Å². The summed E-state index contributed by atoms with van der Waals surface area (Å²) in [5.74, 6) is 0.777. The molecule has 0 aromatic heterocycles. The zero-order valence-corrected chi connectivity index (χ0v) is 12.1. The number of hydrogen-bond acceptors (Lipinski definition) is 2. The predicted molar refractivity (Wildman–Crippen MR) is 75.4 cm³/mol. The molecular formula is C14H20BrNO. The zero-order valence-electron chi connectivity index (χ0n) is 10.5. The summed E-state index contributed by atoms with van der Waals surface area (Å²) in [6, 6.07) is 6.26. The molecule has 0 radical (unpaired) electrons. The summed E-state index contributed by atoms with van der Waals surface area (Å²) < 4.78 is 1.00. The van der Waals surface area contributed by atoms with Crippen LogP contribution in [0.5, 0.6) is 0 Å². The molecule has 3 heteroatoms. The Labute approximate surface area is 112 Å². The topological polar surface area (TPSA) is 23.5 Å². The Morgan fingerprint density at radius 2 is 2.24 bits per heavy atom. The fraction of sp³-hybridized carbons (Fsp3) is 0.571. The van der Waals surface area contributed by atoms with Crippen molar-refractivity contribution in [2.75, 3.05) is 18.0 Å². The molecule has 1 unspecified atom stereocenters.